The summed E-state index contributed by atoms with van der Waals surface area (Å²) in [6.07, 6.45) is 0.981. The maximum Gasteiger partial charge on any atom is 0.234 e. The molecule has 0 heterocycles. The number of amides is 1. The topological polar surface area (TPSA) is 70.6 Å². The van der Waals surface area contributed by atoms with Gasteiger partial charge in [0.2, 0.25) is 5.91 Å². The normalized spacial score (nSPS) is 14.7. The Kier molecular flexibility index (Phi) is 8.27. The Morgan fingerprint density at radius 3 is 2.67 bits per heavy atom. The second-order valence-corrected chi connectivity index (χ2v) is 3.59. The first-order valence-electron chi connectivity index (χ1n) is 5.26. The van der Waals surface area contributed by atoms with Crippen LogP contribution in [0.25, 0.3) is 0 Å². The SMILES string of the molecule is CCC(C)NCC(=O)NC(CO)COC. The fraction of sp³-hybridized carbons (Fsp3) is 0.900. The van der Waals surface area contributed by atoms with Gasteiger partial charge < -0.3 is 20.5 Å². The summed E-state index contributed by atoms with van der Waals surface area (Å²) in [6, 6.07) is 0.00647. The number of nitrogens with one attached hydrogen (secondary N) is 2. The highest BCUT2D eigenvalue weighted by Gasteiger charge is 2.11. The summed E-state index contributed by atoms with van der Waals surface area (Å²) in [5.74, 6) is -0.119. The maximum atomic E-state index is 11.4. The minimum Gasteiger partial charge on any atom is -0.394 e. The molecule has 0 aliphatic heterocycles. The van der Waals surface area contributed by atoms with Crippen molar-refractivity contribution in [2.45, 2.75) is 32.4 Å². The van der Waals surface area contributed by atoms with Gasteiger partial charge in [-0.15, -0.1) is 0 Å². The molecule has 5 nitrogen and oxygen atoms in total. The zero-order chi connectivity index (χ0) is 11.7. The molecule has 0 aromatic heterocycles. The van der Waals surface area contributed by atoms with Gasteiger partial charge in [-0.25, -0.2) is 0 Å². The molecule has 0 aliphatic rings. The fourth-order valence-corrected chi connectivity index (χ4v) is 1.03. The highest BCUT2D eigenvalue weighted by atomic mass is 16.5. The van der Waals surface area contributed by atoms with Crippen LogP contribution in [0.5, 0.6) is 0 Å². The predicted octanol–water partition coefficient (Wildman–Crippen LogP) is -0.502. The minimum absolute atomic E-state index is 0.108. The zero-order valence-electron chi connectivity index (χ0n) is 9.75. The fourth-order valence-electron chi connectivity index (χ4n) is 1.03. The first-order valence-corrected chi connectivity index (χ1v) is 5.26. The maximum absolute atomic E-state index is 11.4. The number of methoxy groups -OCH3 is 1. The van der Waals surface area contributed by atoms with Crippen molar-refractivity contribution < 1.29 is 14.6 Å². The number of hydrogen-bond donors (Lipinski definition) is 3. The molecule has 5 heteroatoms. The van der Waals surface area contributed by atoms with E-state index in [4.69, 9.17) is 9.84 Å². The Hall–Kier alpha value is -0.650. The third kappa shape index (κ3) is 7.30. The van der Waals surface area contributed by atoms with E-state index in [1.165, 1.54) is 7.11 Å². The molecule has 0 aromatic carbocycles. The molecular weight excluding hydrogens is 196 g/mol. The lowest BCUT2D eigenvalue weighted by atomic mass is 10.2. The predicted molar refractivity (Wildman–Crippen MR) is 58.6 cm³/mol. The molecule has 0 saturated carbocycles. The average molecular weight is 218 g/mol. The van der Waals surface area contributed by atoms with E-state index in [1.807, 2.05) is 6.92 Å². The monoisotopic (exact) mass is 218 g/mol. The van der Waals surface area contributed by atoms with Gasteiger partial charge in [0.15, 0.2) is 0 Å². The molecule has 0 rings (SSSR count). The molecule has 0 spiro atoms. The van der Waals surface area contributed by atoms with Crippen molar-refractivity contribution in [2.24, 2.45) is 0 Å². The largest absolute Gasteiger partial charge is 0.394 e. The van der Waals surface area contributed by atoms with Crippen molar-refractivity contribution in [3.63, 3.8) is 0 Å². The molecule has 3 N–H and O–H groups in total. The number of carbonyl (C=O) groups excluding carboxylic acids is 1. The second kappa shape index (κ2) is 8.64. The van der Waals surface area contributed by atoms with Gasteiger partial charge in [0.25, 0.3) is 0 Å². The van der Waals surface area contributed by atoms with Crippen LogP contribution in [0.3, 0.4) is 0 Å². The van der Waals surface area contributed by atoms with E-state index in [9.17, 15) is 4.79 Å². The summed E-state index contributed by atoms with van der Waals surface area (Å²) in [6.45, 7) is 4.56. The summed E-state index contributed by atoms with van der Waals surface area (Å²) in [4.78, 5) is 11.4. The molecule has 0 fully saturated rings. The Morgan fingerprint density at radius 1 is 1.53 bits per heavy atom. The number of rotatable bonds is 8. The Balaban J connectivity index is 3.70. The molecule has 2 atom stereocenters. The van der Waals surface area contributed by atoms with E-state index < -0.39 is 0 Å². The van der Waals surface area contributed by atoms with Gasteiger partial charge in [-0.05, 0) is 13.3 Å². The molecule has 0 bridgehead atoms. The smallest absolute Gasteiger partial charge is 0.234 e. The zero-order valence-corrected chi connectivity index (χ0v) is 9.75. The van der Waals surface area contributed by atoms with Crippen molar-refractivity contribution >= 4 is 5.91 Å². The van der Waals surface area contributed by atoms with Crippen LogP contribution in [0.1, 0.15) is 20.3 Å². The third-order valence-electron chi connectivity index (χ3n) is 2.18. The minimum atomic E-state index is -0.318. The lowest BCUT2D eigenvalue weighted by Gasteiger charge is -2.16. The first-order chi connectivity index (χ1) is 7.13. The van der Waals surface area contributed by atoms with Crippen LogP contribution in [0.15, 0.2) is 0 Å². The van der Waals surface area contributed by atoms with Gasteiger partial charge in [0, 0.05) is 13.2 Å². The quantitative estimate of drug-likeness (QED) is 0.513. The van der Waals surface area contributed by atoms with Gasteiger partial charge in [-0.3, -0.25) is 4.79 Å². The van der Waals surface area contributed by atoms with Crippen molar-refractivity contribution in [2.75, 3.05) is 26.9 Å². The molecular formula is C10H22N2O3. The summed E-state index contributed by atoms with van der Waals surface area (Å²) >= 11 is 0. The Labute approximate surface area is 91.2 Å². The van der Waals surface area contributed by atoms with E-state index in [2.05, 4.69) is 17.6 Å². The third-order valence-corrected chi connectivity index (χ3v) is 2.18. The van der Waals surface area contributed by atoms with Gasteiger partial charge >= 0.3 is 0 Å². The first kappa shape index (κ1) is 14.3. The van der Waals surface area contributed by atoms with Gasteiger partial charge in [0.1, 0.15) is 0 Å². The van der Waals surface area contributed by atoms with E-state index in [0.717, 1.165) is 6.42 Å². The van der Waals surface area contributed by atoms with Crippen LogP contribution in [0.4, 0.5) is 0 Å². The molecule has 0 saturated heterocycles. The lowest BCUT2D eigenvalue weighted by molar-refractivity contribution is -0.121. The van der Waals surface area contributed by atoms with Crippen LogP contribution in [-0.4, -0.2) is 50.0 Å². The van der Waals surface area contributed by atoms with E-state index in [0.29, 0.717) is 12.6 Å². The molecule has 15 heavy (non-hydrogen) atoms. The van der Waals surface area contributed by atoms with Crippen molar-refractivity contribution in [3.05, 3.63) is 0 Å². The highest BCUT2D eigenvalue weighted by molar-refractivity contribution is 5.78. The molecule has 0 aromatic rings. The van der Waals surface area contributed by atoms with Gasteiger partial charge in [-0.1, -0.05) is 6.92 Å². The van der Waals surface area contributed by atoms with Crippen molar-refractivity contribution in [1.82, 2.24) is 10.6 Å². The Bertz CT molecular complexity index is 176. The van der Waals surface area contributed by atoms with E-state index in [-0.39, 0.29) is 25.1 Å². The number of ether oxygens (including phenoxy) is 1. The van der Waals surface area contributed by atoms with E-state index in [1.54, 1.807) is 0 Å². The average Bonchev–Trinajstić information content (AvgIpc) is 2.25. The Morgan fingerprint density at radius 2 is 2.20 bits per heavy atom. The summed E-state index contributed by atoms with van der Waals surface area (Å²) in [5, 5.41) is 14.7. The molecule has 0 aliphatic carbocycles. The second-order valence-electron chi connectivity index (χ2n) is 3.59. The number of aliphatic hydroxyl groups excluding tert-OH is 1. The summed E-state index contributed by atoms with van der Waals surface area (Å²) in [5.41, 5.74) is 0. The van der Waals surface area contributed by atoms with Crippen molar-refractivity contribution in [3.8, 4) is 0 Å². The number of carbonyl (C=O) groups is 1. The number of hydrogen-bond acceptors (Lipinski definition) is 4. The molecule has 90 valence electrons. The van der Waals surface area contributed by atoms with Gasteiger partial charge in [0.05, 0.1) is 25.8 Å². The van der Waals surface area contributed by atoms with Crippen LogP contribution in [0.2, 0.25) is 0 Å². The number of aliphatic hydroxyl groups is 1. The standard InChI is InChI=1S/C10H22N2O3/c1-4-8(2)11-5-10(14)12-9(6-13)7-15-3/h8-9,11,13H,4-7H2,1-3H3,(H,12,14). The van der Waals surface area contributed by atoms with Crippen LogP contribution in [-0.2, 0) is 9.53 Å². The summed E-state index contributed by atoms with van der Waals surface area (Å²) in [7, 11) is 1.53. The van der Waals surface area contributed by atoms with E-state index >= 15 is 0 Å². The highest BCUT2D eigenvalue weighted by Crippen LogP contribution is 1.87. The lowest BCUT2D eigenvalue weighted by Crippen LogP contribution is -2.45. The molecule has 2 unspecified atom stereocenters. The summed E-state index contributed by atoms with van der Waals surface area (Å²) < 4.78 is 4.85. The van der Waals surface area contributed by atoms with Crippen molar-refractivity contribution in [1.29, 1.82) is 0 Å². The molecule has 1 amide bonds. The molecule has 0 radical (unpaired) electrons. The van der Waals surface area contributed by atoms with Gasteiger partial charge in [-0.2, -0.15) is 0 Å². The van der Waals surface area contributed by atoms with Crippen LogP contribution in [0, 0.1) is 0 Å². The van der Waals surface area contributed by atoms with Crippen LogP contribution >= 0.6 is 0 Å². The van der Waals surface area contributed by atoms with Crippen LogP contribution < -0.4 is 10.6 Å².